The van der Waals surface area contributed by atoms with Gasteiger partial charge in [-0.3, -0.25) is 4.79 Å². The van der Waals surface area contributed by atoms with E-state index in [0.717, 1.165) is 16.7 Å². The molecule has 2 saturated heterocycles. The van der Waals surface area contributed by atoms with Crippen molar-refractivity contribution in [2.24, 2.45) is 0 Å². The first-order valence-electron chi connectivity index (χ1n) is 14.6. The summed E-state index contributed by atoms with van der Waals surface area (Å²) in [6.07, 6.45) is -2.57. The monoisotopic (exact) mass is 589 g/mol. The Morgan fingerprint density at radius 1 is 0.791 bits per heavy atom. The van der Waals surface area contributed by atoms with E-state index in [1.54, 1.807) is 0 Å². The van der Waals surface area contributed by atoms with E-state index in [9.17, 15) is 9.59 Å². The van der Waals surface area contributed by atoms with Crippen LogP contribution in [0.3, 0.4) is 0 Å². The first-order chi connectivity index (χ1) is 21.0. The van der Waals surface area contributed by atoms with Crippen molar-refractivity contribution < 1.29 is 38.0 Å². The highest BCUT2D eigenvalue weighted by Crippen LogP contribution is 2.33. The van der Waals surface area contributed by atoms with Gasteiger partial charge in [0.1, 0.15) is 24.4 Å². The molecular formula is C34H39NO8. The van der Waals surface area contributed by atoms with E-state index in [4.69, 9.17) is 28.4 Å². The zero-order valence-electron chi connectivity index (χ0n) is 24.6. The van der Waals surface area contributed by atoms with Crippen LogP contribution in [0, 0.1) is 0 Å². The fourth-order valence-electron chi connectivity index (χ4n) is 5.51. The maximum atomic E-state index is 12.4. The molecule has 0 unspecified atom stereocenters. The lowest BCUT2D eigenvalue weighted by Crippen LogP contribution is -2.41. The number of carbonyl (C=O) groups is 2. The number of rotatable bonds is 13. The minimum atomic E-state index is -0.815. The molecule has 0 aliphatic carbocycles. The number of likely N-dealkylation sites (tertiary alicyclic amines) is 1. The molecular weight excluding hydrogens is 550 g/mol. The van der Waals surface area contributed by atoms with Gasteiger partial charge in [0.05, 0.1) is 39.6 Å². The Morgan fingerprint density at radius 3 is 1.86 bits per heavy atom. The van der Waals surface area contributed by atoms with Crippen LogP contribution in [0.15, 0.2) is 91.0 Å². The molecule has 6 atom stereocenters. The van der Waals surface area contributed by atoms with E-state index in [2.05, 4.69) is 0 Å². The van der Waals surface area contributed by atoms with E-state index in [-0.39, 0.29) is 19.1 Å². The molecule has 0 radical (unpaired) electrons. The van der Waals surface area contributed by atoms with Crippen molar-refractivity contribution in [2.75, 3.05) is 20.3 Å². The van der Waals surface area contributed by atoms with Crippen LogP contribution in [0.1, 0.15) is 30.0 Å². The fourth-order valence-corrected chi connectivity index (χ4v) is 5.51. The summed E-state index contributed by atoms with van der Waals surface area (Å²) < 4.78 is 36.9. The fraction of sp³-hybridized carbons (Fsp3) is 0.412. The number of hydrogen-bond acceptors (Lipinski definition) is 8. The van der Waals surface area contributed by atoms with Crippen molar-refractivity contribution in [3.05, 3.63) is 108 Å². The highest BCUT2D eigenvalue weighted by molar-refractivity contribution is 5.84. The first-order valence-corrected chi connectivity index (χ1v) is 14.6. The topological polar surface area (TPSA) is 92.8 Å². The predicted octanol–water partition coefficient (Wildman–Crippen LogP) is 4.28. The molecule has 0 aromatic heterocycles. The van der Waals surface area contributed by atoms with Gasteiger partial charge in [0, 0.05) is 19.9 Å². The van der Waals surface area contributed by atoms with Crippen molar-refractivity contribution in [3.63, 3.8) is 0 Å². The number of amides is 1. The molecule has 0 saturated carbocycles. The molecule has 2 aliphatic rings. The molecule has 0 bridgehead atoms. The Labute approximate surface area is 252 Å². The van der Waals surface area contributed by atoms with Gasteiger partial charge in [-0.25, -0.2) is 4.79 Å². The van der Waals surface area contributed by atoms with Crippen molar-refractivity contribution in [2.45, 2.75) is 69.9 Å². The first kappa shape index (κ1) is 30.8. The third kappa shape index (κ3) is 8.28. The van der Waals surface area contributed by atoms with Gasteiger partial charge >= 0.3 is 5.97 Å². The summed E-state index contributed by atoms with van der Waals surface area (Å²) in [5.41, 5.74) is 3.07. The zero-order chi connectivity index (χ0) is 30.0. The molecule has 2 fully saturated rings. The third-order valence-electron chi connectivity index (χ3n) is 7.70. The molecule has 0 spiro atoms. The molecule has 9 nitrogen and oxygen atoms in total. The molecule has 43 heavy (non-hydrogen) atoms. The Hall–Kier alpha value is -3.60. The van der Waals surface area contributed by atoms with Gasteiger partial charge in [0.25, 0.3) is 0 Å². The Bertz CT molecular complexity index is 1290. The van der Waals surface area contributed by atoms with Crippen molar-refractivity contribution in [1.29, 1.82) is 0 Å². The molecule has 2 aliphatic heterocycles. The molecule has 0 N–H and O–H groups in total. The zero-order valence-corrected chi connectivity index (χ0v) is 24.6. The van der Waals surface area contributed by atoms with Gasteiger partial charge in [-0.05, 0) is 16.7 Å². The van der Waals surface area contributed by atoms with Crippen LogP contribution < -0.4 is 0 Å². The second-order valence-corrected chi connectivity index (χ2v) is 10.8. The van der Waals surface area contributed by atoms with Crippen molar-refractivity contribution in [1.82, 2.24) is 4.90 Å². The molecule has 9 heteroatoms. The summed E-state index contributed by atoms with van der Waals surface area (Å²) in [6, 6.07) is 29.0. The number of nitrogens with zero attached hydrogens (tertiary/aromatic N) is 1. The minimum Gasteiger partial charge on any atom is -0.467 e. The highest BCUT2D eigenvalue weighted by atomic mass is 16.7. The Morgan fingerprint density at radius 2 is 1.33 bits per heavy atom. The van der Waals surface area contributed by atoms with Gasteiger partial charge in [-0.15, -0.1) is 0 Å². The van der Waals surface area contributed by atoms with Gasteiger partial charge in [0.2, 0.25) is 5.91 Å². The van der Waals surface area contributed by atoms with Crippen molar-refractivity contribution >= 4 is 11.9 Å². The SMILES string of the molecule is COC(=O)[C@@H]1C[C@@H](O[C@H]2O[C@@H](COCc3ccccc3)[C@H](OCc3ccccc3)[C@H]2OCc2ccccc2)CN1C(C)=O. The number of benzene rings is 3. The standard InChI is InChI=1S/C34H39NO8/c1-24(36)35-19-28(18-29(35)33(37)38-2)42-34-32(41-22-27-16-10-5-11-17-27)31(40-21-26-14-8-4-9-15-26)30(43-34)23-39-20-25-12-6-3-7-13-25/h3-17,28-32,34H,18-23H2,1-2H3/t28-,29+,30+,31+,32-,34+/m1/s1. The summed E-state index contributed by atoms with van der Waals surface area (Å²) >= 11 is 0. The van der Waals surface area contributed by atoms with E-state index in [0.29, 0.717) is 26.2 Å². The summed E-state index contributed by atoms with van der Waals surface area (Å²) in [4.78, 5) is 26.2. The smallest absolute Gasteiger partial charge is 0.328 e. The number of esters is 1. The Kier molecular flexibility index (Phi) is 10.9. The van der Waals surface area contributed by atoms with Gasteiger partial charge in [-0.1, -0.05) is 91.0 Å². The lowest BCUT2D eigenvalue weighted by Gasteiger charge is -2.26. The molecule has 2 heterocycles. The number of methoxy groups -OCH3 is 1. The van der Waals surface area contributed by atoms with Crippen LogP contribution in [0.2, 0.25) is 0 Å². The quantitative estimate of drug-likeness (QED) is 0.273. The van der Waals surface area contributed by atoms with E-state index >= 15 is 0 Å². The lowest BCUT2D eigenvalue weighted by molar-refractivity contribution is -0.204. The summed E-state index contributed by atoms with van der Waals surface area (Å²) in [7, 11) is 1.32. The molecule has 3 aromatic carbocycles. The van der Waals surface area contributed by atoms with Gasteiger partial charge in [0.15, 0.2) is 6.29 Å². The lowest BCUT2D eigenvalue weighted by atomic mass is 10.1. The highest BCUT2D eigenvalue weighted by Gasteiger charge is 2.50. The predicted molar refractivity (Wildman–Crippen MR) is 157 cm³/mol. The average Bonchev–Trinajstić information content (AvgIpc) is 3.61. The van der Waals surface area contributed by atoms with E-state index < -0.39 is 42.7 Å². The maximum Gasteiger partial charge on any atom is 0.328 e. The second-order valence-electron chi connectivity index (χ2n) is 10.8. The second kappa shape index (κ2) is 15.2. The third-order valence-corrected chi connectivity index (χ3v) is 7.70. The molecule has 3 aromatic rings. The largest absolute Gasteiger partial charge is 0.467 e. The van der Waals surface area contributed by atoms with Crippen LogP contribution in [0.25, 0.3) is 0 Å². The molecule has 5 rings (SSSR count). The van der Waals surface area contributed by atoms with Crippen LogP contribution in [-0.4, -0.2) is 73.8 Å². The van der Waals surface area contributed by atoms with Crippen LogP contribution >= 0.6 is 0 Å². The normalized spacial score (nSPS) is 25.1. The van der Waals surface area contributed by atoms with E-state index in [1.807, 2.05) is 91.0 Å². The average molecular weight is 590 g/mol. The number of carbonyl (C=O) groups excluding carboxylic acids is 2. The van der Waals surface area contributed by atoms with Crippen LogP contribution in [0.4, 0.5) is 0 Å². The number of hydrogen-bond donors (Lipinski definition) is 0. The van der Waals surface area contributed by atoms with Crippen molar-refractivity contribution in [3.8, 4) is 0 Å². The summed E-state index contributed by atoms with van der Waals surface area (Å²) in [6.45, 7) is 3.04. The summed E-state index contributed by atoms with van der Waals surface area (Å²) in [5, 5.41) is 0. The van der Waals surface area contributed by atoms with Gasteiger partial charge < -0.3 is 33.3 Å². The minimum absolute atomic E-state index is 0.220. The molecule has 1 amide bonds. The summed E-state index contributed by atoms with van der Waals surface area (Å²) in [5.74, 6) is -0.691. The molecule has 228 valence electrons. The number of ether oxygens (including phenoxy) is 6. The Balaban J connectivity index is 1.34. The van der Waals surface area contributed by atoms with E-state index in [1.165, 1.54) is 18.9 Å². The van der Waals surface area contributed by atoms with Crippen LogP contribution in [0.5, 0.6) is 0 Å². The van der Waals surface area contributed by atoms with Crippen LogP contribution in [-0.2, 0) is 57.8 Å². The van der Waals surface area contributed by atoms with Gasteiger partial charge in [-0.2, -0.15) is 0 Å². The maximum absolute atomic E-state index is 12.4.